The van der Waals surface area contributed by atoms with E-state index in [1.165, 1.54) is 7.05 Å². The van der Waals surface area contributed by atoms with Gasteiger partial charge in [0.2, 0.25) is 10.0 Å². The smallest absolute Gasteiger partial charge is 0.212 e. The Labute approximate surface area is 84.1 Å². The first-order valence-electron chi connectivity index (χ1n) is 3.72. The van der Waals surface area contributed by atoms with Gasteiger partial charge < -0.3 is 0 Å². The van der Waals surface area contributed by atoms with Gasteiger partial charge in [0.1, 0.15) is 5.54 Å². The van der Waals surface area contributed by atoms with E-state index in [0.29, 0.717) is 0 Å². The average Bonchev–Trinajstić information content (AvgIpc) is 2.03. The molecule has 0 saturated carbocycles. The highest BCUT2D eigenvalue weighted by molar-refractivity contribution is 7.89. The summed E-state index contributed by atoms with van der Waals surface area (Å²) in [5.74, 6) is -0.107. The number of rotatable bonds is 4. The van der Waals surface area contributed by atoms with Gasteiger partial charge in [-0.25, -0.2) is 8.42 Å². The topological polar surface area (TPSA) is 61.2 Å². The maximum absolute atomic E-state index is 11.4. The van der Waals surface area contributed by atoms with Crippen molar-refractivity contribution in [3.8, 4) is 6.07 Å². The van der Waals surface area contributed by atoms with E-state index in [1.54, 1.807) is 13.8 Å². The van der Waals surface area contributed by atoms with E-state index in [1.807, 2.05) is 6.07 Å². The van der Waals surface area contributed by atoms with Gasteiger partial charge in [-0.1, -0.05) is 0 Å². The first-order valence-corrected chi connectivity index (χ1v) is 5.86. The molecular weight excluding hydrogens is 212 g/mol. The predicted molar refractivity (Wildman–Crippen MR) is 52.0 cm³/mol. The summed E-state index contributed by atoms with van der Waals surface area (Å²) >= 11 is 5.33. The third-order valence-corrected chi connectivity index (χ3v) is 4.24. The van der Waals surface area contributed by atoms with Gasteiger partial charge in [-0.2, -0.15) is 9.57 Å². The number of alkyl halides is 1. The quantitative estimate of drug-likeness (QED) is 0.664. The highest BCUT2D eigenvalue weighted by Crippen LogP contribution is 2.15. The van der Waals surface area contributed by atoms with E-state index >= 15 is 0 Å². The Balaban J connectivity index is 4.82. The second-order valence-electron chi connectivity index (χ2n) is 3.14. The summed E-state index contributed by atoms with van der Waals surface area (Å²) in [6.07, 6.45) is 0. The maximum Gasteiger partial charge on any atom is 0.216 e. The van der Waals surface area contributed by atoms with Gasteiger partial charge in [0.15, 0.2) is 0 Å². The van der Waals surface area contributed by atoms with Crippen LogP contribution in [0.5, 0.6) is 0 Å². The molecule has 76 valence electrons. The zero-order valence-corrected chi connectivity index (χ0v) is 9.48. The predicted octanol–water partition coefficient (Wildman–Crippen LogP) is 0.789. The Bertz CT molecular complexity index is 305. The fraction of sp³-hybridized carbons (Fsp3) is 0.857. The van der Waals surface area contributed by atoms with Crippen molar-refractivity contribution in [1.29, 1.82) is 5.26 Å². The van der Waals surface area contributed by atoms with Crippen LogP contribution in [0.25, 0.3) is 0 Å². The molecule has 6 heteroatoms. The molecule has 0 saturated heterocycles. The van der Waals surface area contributed by atoms with E-state index in [2.05, 4.69) is 0 Å². The van der Waals surface area contributed by atoms with Crippen molar-refractivity contribution in [3.63, 3.8) is 0 Å². The lowest BCUT2D eigenvalue weighted by molar-refractivity contribution is 0.337. The van der Waals surface area contributed by atoms with Gasteiger partial charge >= 0.3 is 0 Å². The third kappa shape index (κ3) is 3.14. The molecule has 0 fully saturated rings. The fourth-order valence-corrected chi connectivity index (χ4v) is 2.44. The lowest BCUT2D eigenvalue weighted by Crippen LogP contribution is -2.45. The summed E-state index contributed by atoms with van der Waals surface area (Å²) in [7, 11) is -2.02. The van der Waals surface area contributed by atoms with Gasteiger partial charge in [-0.05, 0) is 13.8 Å². The molecule has 0 spiro atoms. The zero-order chi connectivity index (χ0) is 10.7. The number of halogens is 1. The SMILES string of the molecule is CN(C(C)(C)C#N)S(=O)(=O)CCCl. The summed E-state index contributed by atoms with van der Waals surface area (Å²) < 4.78 is 23.9. The molecule has 0 aliphatic heterocycles. The molecule has 0 unspecified atom stereocenters. The van der Waals surface area contributed by atoms with Crippen molar-refractivity contribution in [2.24, 2.45) is 0 Å². The Morgan fingerprint density at radius 1 is 1.54 bits per heavy atom. The molecule has 0 aromatic heterocycles. The largest absolute Gasteiger partial charge is 0.216 e. The highest BCUT2D eigenvalue weighted by atomic mass is 35.5. The molecule has 0 radical (unpaired) electrons. The van der Waals surface area contributed by atoms with Crippen LogP contribution in [0.15, 0.2) is 0 Å². The van der Waals surface area contributed by atoms with Crippen LogP contribution >= 0.6 is 11.6 Å². The zero-order valence-electron chi connectivity index (χ0n) is 7.91. The first-order chi connectivity index (χ1) is 5.78. The molecule has 0 atom stereocenters. The van der Waals surface area contributed by atoms with Crippen LogP contribution < -0.4 is 0 Å². The normalized spacial score (nSPS) is 12.9. The second kappa shape index (κ2) is 4.27. The van der Waals surface area contributed by atoms with Crippen molar-refractivity contribution in [3.05, 3.63) is 0 Å². The second-order valence-corrected chi connectivity index (χ2v) is 5.64. The van der Waals surface area contributed by atoms with E-state index in [9.17, 15) is 8.42 Å². The number of hydrogen-bond donors (Lipinski definition) is 0. The van der Waals surface area contributed by atoms with Gasteiger partial charge in [0.05, 0.1) is 11.8 Å². The van der Waals surface area contributed by atoms with Crippen molar-refractivity contribution in [1.82, 2.24) is 4.31 Å². The highest BCUT2D eigenvalue weighted by Gasteiger charge is 2.32. The van der Waals surface area contributed by atoms with Crippen LogP contribution in [-0.2, 0) is 10.0 Å². The van der Waals surface area contributed by atoms with Crippen molar-refractivity contribution in [2.45, 2.75) is 19.4 Å². The minimum absolute atomic E-state index is 0.0359. The van der Waals surface area contributed by atoms with Gasteiger partial charge in [-0.15, -0.1) is 11.6 Å². The molecule has 13 heavy (non-hydrogen) atoms. The fourth-order valence-electron chi connectivity index (χ4n) is 0.653. The maximum atomic E-state index is 11.4. The van der Waals surface area contributed by atoms with Crippen LogP contribution in [-0.4, -0.2) is 36.9 Å². The van der Waals surface area contributed by atoms with Crippen LogP contribution in [0.2, 0.25) is 0 Å². The monoisotopic (exact) mass is 224 g/mol. The number of nitrogens with zero attached hydrogens (tertiary/aromatic N) is 2. The molecule has 0 rings (SSSR count). The minimum Gasteiger partial charge on any atom is -0.212 e. The molecule has 0 N–H and O–H groups in total. The van der Waals surface area contributed by atoms with Crippen molar-refractivity contribution >= 4 is 21.6 Å². The molecule has 0 aliphatic carbocycles. The van der Waals surface area contributed by atoms with Gasteiger partial charge in [0, 0.05) is 12.9 Å². The Morgan fingerprint density at radius 3 is 2.31 bits per heavy atom. The Hall–Kier alpha value is -0.310. The number of sulfonamides is 1. The standard InChI is InChI=1S/C7H13ClN2O2S/c1-7(2,6-9)10(3)13(11,12)5-4-8/h4-5H2,1-3H3. The van der Waals surface area contributed by atoms with E-state index < -0.39 is 15.6 Å². The van der Waals surface area contributed by atoms with E-state index in [4.69, 9.17) is 16.9 Å². The molecule has 0 heterocycles. The Morgan fingerprint density at radius 2 is 2.00 bits per heavy atom. The van der Waals surface area contributed by atoms with Gasteiger partial charge in [-0.3, -0.25) is 0 Å². The molecule has 4 nitrogen and oxygen atoms in total. The summed E-state index contributed by atoms with van der Waals surface area (Å²) in [6.45, 7) is 3.08. The van der Waals surface area contributed by atoms with Crippen LogP contribution in [0.1, 0.15) is 13.8 Å². The molecule has 0 amide bonds. The lowest BCUT2D eigenvalue weighted by atomic mass is 10.1. The van der Waals surface area contributed by atoms with Crippen LogP contribution in [0.4, 0.5) is 0 Å². The van der Waals surface area contributed by atoms with Crippen LogP contribution in [0.3, 0.4) is 0 Å². The molecule has 0 aliphatic rings. The van der Waals surface area contributed by atoms with Crippen LogP contribution in [0, 0.1) is 11.3 Å². The molecule has 0 aromatic rings. The van der Waals surface area contributed by atoms with Crippen molar-refractivity contribution in [2.75, 3.05) is 18.7 Å². The summed E-state index contributed by atoms with van der Waals surface area (Å²) in [6, 6.07) is 1.91. The summed E-state index contributed by atoms with van der Waals surface area (Å²) in [5.41, 5.74) is -1.02. The molecule has 0 bridgehead atoms. The number of nitriles is 1. The Kier molecular flexibility index (Phi) is 4.17. The van der Waals surface area contributed by atoms with E-state index in [0.717, 1.165) is 4.31 Å². The molecule has 0 aromatic carbocycles. The summed E-state index contributed by atoms with van der Waals surface area (Å²) in [4.78, 5) is 0. The third-order valence-electron chi connectivity index (χ3n) is 1.81. The average molecular weight is 225 g/mol. The molecular formula is C7H13ClN2O2S. The lowest BCUT2D eigenvalue weighted by Gasteiger charge is -2.27. The first kappa shape index (κ1) is 12.7. The summed E-state index contributed by atoms with van der Waals surface area (Å²) in [5, 5.41) is 8.71. The van der Waals surface area contributed by atoms with Crippen molar-refractivity contribution < 1.29 is 8.42 Å². The number of hydrogen-bond acceptors (Lipinski definition) is 3. The van der Waals surface area contributed by atoms with Gasteiger partial charge in [0.25, 0.3) is 0 Å². The minimum atomic E-state index is -3.40. The van der Waals surface area contributed by atoms with E-state index in [-0.39, 0.29) is 11.6 Å².